The highest BCUT2D eigenvalue weighted by atomic mass is 32.1. The molecule has 0 heterocycles. The lowest BCUT2D eigenvalue weighted by Gasteiger charge is -2.30. The molecule has 0 aliphatic heterocycles. The van der Waals surface area contributed by atoms with Gasteiger partial charge in [0.2, 0.25) is 0 Å². The summed E-state index contributed by atoms with van der Waals surface area (Å²) in [6.45, 7) is 2.10. The second-order valence-electron chi connectivity index (χ2n) is 5.02. The van der Waals surface area contributed by atoms with Crippen molar-refractivity contribution in [2.45, 2.75) is 44.6 Å². The molecule has 1 aromatic rings. The van der Waals surface area contributed by atoms with E-state index in [0.717, 1.165) is 32.1 Å². The van der Waals surface area contributed by atoms with Crippen molar-refractivity contribution >= 4 is 23.0 Å². The van der Waals surface area contributed by atoms with Crippen LogP contribution in [-0.2, 0) is 0 Å². The second-order valence-corrected chi connectivity index (χ2v) is 5.43. The number of halogens is 2. The van der Waals surface area contributed by atoms with Crippen LogP contribution >= 0.6 is 12.2 Å². The molecule has 0 atom stereocenters. The molecule has 0 unspecified atom stereocenters. The number of hydrogen-bond donors (Lipinski definition) is 2. The molecule has 1 fully saturated rings. The predicted molar refractivity (Wildman–Crippen MR) is 77.2 cm³/mol. The summed E-state index contributed by atoms with van der Waals surface area (Å²) in [7, 11) is 0. The van der Waals surface area contributed by atoms with Gasteiger partial charge in [0.25, 0.3) is 0 Å². The molecule has 104 valence electrons. The molecule has 0 radical (unpaired) electrons. The summed E-state index contributed by atoms with van der Waals surface area (Å²) < 4.78 is 27.0. The largest absolute Gasteiger partial charge is 0.357 e. The minimum absolute atomic E-state index is 0.0220. The van der Waals surface area contributed by atoms with Gasteiger partial charge in [-0.3, -0.25) is 0 Å². The van der Waals surface area contributed by atoms with Crippen LogP contribution in [-0.4, -0.2) is 10.7 Å². The second kappa shape index (κ2) is 5.82. The monoisotopic (exact) mass is 284 g/mol. The van der Waals surface area contributed by atoms with Crippen LogP contribution in [0.25, 0.3) is 0 Å². The first-order chi connectivity index (χ1) is 9.06. The Hall–Kier alpha value is -1.23. The first-order valence-electron chi connectivity index (χ1n) is 6.59. The molecule has 2 rings (SSSR count). The van der Waals surface area contributed by atoms with Crippen LogP contribution < -0.4 is 10.6 Å². The van der Waals surface area contributed by atoms with Gasteiger partial charge in [-0.15, -0.1) is 0 Å². The lowest BCUT2D eigenvalue weighted by Crippen LogP contribution is -2.47. The smallest absolute Gasteiger partial charge is 0.171 e. The first kappa shape index (κ1) is 14.2. The molecule has 2 nitrogen and oxygen atoms in total. The summed E-state index contributed by atoms with van der Waals surface area (Å²) in [5, 5.41) is 6.15. The van der Waals surface area contributed by atoms with Crippen LogP contribution in [0.4, 0.5) is 14.5 Å². The average molecular weight is 284 g/mol. The Balaban J connectivity index is 2.05. The van der Waals surface area contributed by atoms with Gasteiger partial charge in [0, 0.05) is 5.54 Å². The maximum atomic E-state index is 13.5. The topological polar surface area (TPSA) is 24.1 Å². The van der Waals surface area contributed by atoms with E-state index < -0.39 is 11.6 Å². The summed E-state index contributed by atoms with van der Waals surface area (Å²) in [5.74, 6) is -1.28. The molecule has 2 N–H and O–H groups in total. The van der Waals surface area contributed by atoms with E-state index in [9.17, 15) is 8.78 Å². The van der Waals surface area contributed by atoms with Gasteiger partial charge >= 0.3 is 0 Å². The standard InChI is InChI=1S/C14H18F2N2S/c1-2-14(8-3-4-9-14)18-13(19)17-12-10(15)6-5-7-11(12)16/h5-7H,2-4,8-9H2,1H3,(H2,17,18,19). The summed E-state index contributed by atoms with van der Waals surface area (Å²) in [4.78, 5) is 0. The van der Waals surface area contributed by atoms with Crippen molar-refractivity contribution in [3.8, 4) is 0 Å². The van der Waals surface area contributed by atoms with Gasteiger partial charge in [0.15, 0.2) is 5.11 Å². The van der Waals surface area contributed by atoms with Crippen LogP contribution in [0.3, 0.4) is 0 Å². The van der Waals surface area contributed by atoms with Crippen LogP contribution in [0.1, 0.15) is 39.0 Å². The van der Waals surface area contributed by atoms with Crippen molar-refractivity contribution in [1.82, 2.24) is 5.32 Å². The fraction of sp³-hybridized carbons (Fsp3) is 0.500. The predicted octanol–water partition coefficient (Wildman–Crippen LogP) is 3.97. The number of rotatable bonds is 3. The highest BCUT2D eigenvalue weighted by molar-refractivity contribution is 7.80. The van der Waals surface area contributed by atoms with E-state index in [4.69, 9.17) is 12.2 Å². The van der Waals surface area contributed by atoms with Gasteiger partial charge in [-0.2, -0.15) is 0 Å². The molecule has 0 bridgehead atoms. The minimum Gasteiger partial charge on any atom is -0.357 e. The van der Waals surface area contributed by atoms with E-state index in [0.29, 0.717) is 0 Å². The molecule has 5 heteroatoms. The number of thiocarbonyl (C=S) groups is 1. The fourth-order valence-corrected chi connectivity index (χ4v) is 2.94. The molecule has 0 aromatic heterocycles. The van der Waals surface area contributed by atoms with E-state index in [2.05, 4.69) is 17.6 Å². The van der Waals surface area contributed by atoms with Crippen LogP contribution in [0.5, 0.6) is 0 Å². The van der Waals surface area contributed by atoms with Crippen molar-refractivity contribution in [2.24, 2.45) is 0 Å². The molecule has 19 heavy (non-hydrogen) atoms. The third-order valence-electron chi connectivity index (χ3n) is 3.82. The van der Waals surface area contributed by atoms with E-state index in [1.165, 1.54) is 18.2 Å². The maximum Gasteiger partial charge on any atom is 0.171 e. The molecular weight excluding hydrogens is 266 g/mol. The van der Waals surface area contributed by atoms with Crippen molar-refractivity contribution in [3.63, 3.8) is 0 Å². The van der Waals surface area contributed by atoms with E-state index in [1.54, 1.807) is 0 Å². The maximum absolute atomic E-state index is 13.5. The number of nitrogens with one attached hydrogen (secondary N) is 2. The van der Waals surface area contributed by atoms with E-state index in [1.807, 2.05) is 0 Å². The SMILES string of the molecule is CCC1(NC(=S)Nc2c(F)cccc2F)CCCC1. The van der Waals surface area contributed by atoms with Crippen LogP contribution in [0.2, 0.25) is 0 Å². The lowest BCUT2D eigenvalue weighted by molar-refractivity contribution is 0.378. The Morgan fingerprint density at radius 3 is 2.37 bits per heavy atom. The Bertz CT molecular complexity index is 450. The Morgan fingerprint density at radius 2 is 1.84 bits per heavy atom. The van der Waals surface area contributed by atoms with E-state index in [-0.39, 0.29) is 16.3 Å². The van der Waals surface area contributed by atoms with Gasteiger partial charge in [0.05, 0.1) is 0 Å². The Kier molecular flexibility index (Phi) is 4.34. The van der Waals surface area contributed by atoms with Crippen molar-refractivity contribution in [2.75, 3.05) is 5.32 Å². The van der Waals surface area contributed by atoms with Crippen LogP contribution in [0, 0.1) is 11.6 Å². The minimum atomic E-state index is -0.638. The zero-order valence-corrected chi connectivity index (χ0v) is 11.7. The van der Waals surface area contributed by atoms with Crippen LogP contribution in [0.15, 0.2) is 18.2 Å². The normalized spacial score (nSPS) is 17.2. The number of anilines is 1. The van der Waals surface area contributed by atoms with Gasteiger partial charge in [-0.1, -0.05) is 25.8 Å². The lowest BCUT2D eigenvalue weighted by atomic mass is 9.95. The zero-order chi connectivity index (χ0) is 13.9. The number of hydrogen-bond acceptors (Lipinski definition) is 1. The molecule has 1 aliphatic rings. The van der Waals surface area contributed by atoms with Gasteiger partial charge in [-0.25, -0.2) is 8.78 Å². The highest BCUT2D eigenvalue weighted by Crippen LogP contribution is 2.32. The zero-order valence-electron chi connectivity index (χ0n) is 10.9. The highest BCUT2D eigenvalue weighted by Gasteiger charge is 2.32. The molecule has 1 aliphatic carbocycles. The molecule has 1 aromatic carbocycles. The summed E-state index contributed by atoms with van der Waals surface area (Å²) in [5.41, 5.74) is -0.213. The summed E-state index contributed by atoms with van der Waals surface area (Å²) >= 11 is 5.17. The Morgan fingerprint density at radius 1 is 1.26 bits per heavy atom. The van der Waals surface area contributed by atoms with Gasteiger partial charge < -0.3 is 10.6 Å². The van der Waals surface area contributed by atoms with Gasteiger partial charge in [0.1, 0.15) is 17.3 Å². The van der Waals surface area contributed by atoms with Crippen molar-refractivity contribution in [3.05, 3.63) is 29.8 Å². The first-order valence-corrected chi connectivity index (χ1v) is 7.00. The summed E-state index contributed by atoms with van der Waals surface area (Å²) in [6, 6.07) is 3.75. The van der Waals surface area contributed by atoms with Crippen molar-refractivity contribution in [1.29, 1.82) is 0 Å². The number of para-hydroxylation sites is 1. The van der Waals surface area contributed by atoms with Crippen molar-refractivity contribution < 1.29 is 8.78 Å². The Labute approximate surface area is 117 Å². The molecule has 1 saturated carbocycles. The molecular formula is C14H18F2N2S. The molecule has 0 amide bonds. The van der Waals surface area contributed by atoms with Gasteiger partial charge in [-0.05, 0) is 43.6 Å². The molecule has 0 spiro atoms. The summed E-state index contributed by atoms with van der Waals surface area (Å²) in [6.07, 6.45) is 5.37. The number of benzene rings is 1. The third-order valence-corrected chi connectivity index (χ3v) is 4.02. The quantitative estimate of drug-likeness (QED) is 0.821. The average Bonchev–Trinajstić information content (AvgIpc) is 2.83. The molecule has 0 saturated heterocycles. The third kappa shape index (κ3) is 3.21. The fourth-order valence-electron chi connectivity index (χ4n) is 2.62. The van der Waals surface area contributed by atoms with E-state index >= 15 is 0 Å².